The maximum Gasteiger partial charge on any atom is 0.204 e. The molecule has 2 atom stereocenters. The Kier molecular flexibility index (Phi) is 6.05. The van der Waals surface area contributed by atoms with Crippen LogP contribution >= 0.6 is 0 Å². The molecule has 1 aromatic carbocycles. The Morgan fingerprint density at radius 3 is 2.00 bits per heavy atom. The van der Waals surface area contributed by atoms with Crippen molar-refractivity contribution in [3.63, 3.8) is 0 Å². The third-order valence-electron chi connectivity index (χ3n) is 4.57. The molecule has 0 saturated carbocycles. The van der Waals surface area contributed by atoms with Crippen LogP contribution in [0.4, 0.5) is 0 Å². The number of aliphatic imine (C=N–C) groups is 1. The average molecular weight is 393 g/mol. The molecule has 2 unspecified atom stereocenters. The minimum Gasteiger partial charge on any atom is -0.507 e. The van der Waals surface area contributed by atoms with E-state index in [9.17, 15) is 14.5 Å². The molecule has 0 aromatic heterocycles. The van der Waals surface area contributed by atoms with Crippen molar-refractivity contribution < 1.29 is 14.5 Å². The quantitative estimate of drug-likeness (QED) is 0.741. The fourth-order valence-corrected chi connectivity index (χ4v) is 4.20. The zero-order valence-electron chi connectivity index (χ0n) is 17.6. The Bertz CT molecular complexity index is 764. The summed E-state index contributed by atoms with van der Waals surface area (Å²) < 4.78 is 12.8. The molecule has 0 bridgehead atoms. The second-order valence-corrected chi connectivity index (χ2v) is 10.9. The maximum absolute atomic E-state index is 12.8. The molecular weight excluding hydrogens is 360 g/mol. The first-order chi connectivity index (χ1) is 12.2. The van der Waals surface area contributed by atoms with Gasteiger partial charge in [-0.1, -0.05) is 41.5 Å². The predicted molar refractivity (Wildman–Crippen MR) is 113 cm³/mol. The fraction of sp³-hybridized carbons (Fsp3) is 0.571. The number of allylic oxidation sites excluding steroid dienone is 1. The van der Waals surface area contributed by atoms with Gasteiger partial charge in [0.1, 0.15) is 5.75 Å². The van der Waals surface area contributed by atoms with Crippen LogP contribution in [0.15, 0.2) is 22.0 Å². The van der Waals surface area contributed by atoms with Crippen LogP contribution in [0.25, 0.3) is 6.08 Å². The van der Waals surface area contributed by atoms with Crippen LogP contribution in [0.1, 0.15) is 72.1 Å². The minimum atomic E-state index is -1.46. The monoisotopic (exact) mass is 392 g/mol. The number of hydrogen-bond donors (Lipinski definition) is 2. The molecule has 1 aliphatic heterocycles. The molecule has 150 valence electrons. The summed E-state index contributed by atoms with van der Waals surface area (Å²) in [6.45, 7) is 16.0. The summed E-state index contributed by atoms with van der Waals surface area (Å²) in [5.41, 5.74) is 1.33. The van der Waals surface area contributed by atoms with E-state index < -0.39 is 16.3 Å². The van der Waals surface area contributed by atoms with Crippen molar-refractivity contribution in [2.45, 2.75) is 77.8 Å². The van der Waals surface area contributed by atoms with Crippen molar-refractivity contribution in [1.82, 2.24) is 5.06 Å². The molecule has 1 aromatic rings. The first-order valence-corrected chi connectivity index (χ1v) is 10.5. The minimum absolute atomic E-state index is 0.177. The molecule has 0 amide bonds. The topological polar surface area (TPSA) is 73.1 Å². The lowest BCUT2D eigenvalue weighted by Crippen LogP contribution is -2.37. The lowest BCUT2D eigenvalue weighted by Gasteiger charge is -2.28. The summed E-state index contributed by atoms with van der Waals surface area (Å²) in [6.07, 6.45) is 3.39. The fourth-order valence-electron chi connectivity index (χ4n) is 2.93. The summed E-state index contributed by atoms with van der Waals surface area (Å²) in [5.74, 6) is 0.317. The van der Waals surface area contributed by atoms with E-state index in [1.54, 1.807) is 6.21 Å². The summed E-state index contributed by atoms with van der Waals surface area (Å²) in [7, 11) is -1.46. The molecule has 1 aliphatic rings. The highest BCUT2D eigenvalue weighted by Crippen LogP contribution is 2.40. The number of hydrogen-bond acceptors (Lipinski definition) is 5. The van der Waals surface area contributed by atoms with Crippen LogP contribution in [-0.4, -0.2) is 37.3 Å². The number of hydroxylamine groups is 2. The SMILES string of the molecule is CC(C)N(O)C1N=C/C(=C/c2cc(C(C)(C)C)c(O)c(C(C)(C)C)c2)S1=O. The first kappa shape index (κ1) is 21.8. The number of phenols is 1. The standard InChI is InChI=1S/C21H32N2O3S/c1-13(2)23(25)19-22-12-15(27(19)26)9-14-10-16(20(3,4)5)18(24)17(11-14)21(6,7)8/h9-13,19,24-25H,1-8H3/b15-9-. The molecule has 1 heterocycles. The van der Waals surface area contributed by atoms with Gasteiger partial charge in [-0.2, -0.15) is 5.06 Å². The normalized spacial score (nSPS) is 22.4. The van der Waals surface area contributed by atoms with Gasteiger partial charge in [0, 0.05) is 23.4 Å². The lowest BCUT2D eigenvalue weighted by molar-refractivity contribution is -0.125. The van der Waals surface area contributed by atoms with Crippen LogP contribution in [0.3, 0.4) is 0 Å². The number of rotatable bonds is 3. The molecule has 0 spiro atoms. The molecule has 6 heteroatoms. The van der Waals surface area contributed by atoms with E-state index >= 15 is 0 Å². The Balaban J connectivity index is 2.53. The molecule has 0 radical (unpaired) electrons. The van der Waals surface area contributed by atoms with Gasteiger partial charge in [0.05, 0.1) is 15.7 Å². The molecular formula is C21H32N2O3S. The summed E-state index contributed by atoms with van der Waals surface area (Å²) in [4.78, 5) is 4.77. The molecule has 0 fully saturated rings. The molecule has 27 heavy (non-hydrogen) atoms. The summed E-state index contributed by atoms with van der Waals surface area (Å²) in [5, 5.41) is 21.9. The smallest absolute Gasteiger partial charge is 0.204 e. The van der Waals surface area contributed by atoms with Crippen LogP contribution in [-0.2, 0) is 21.6 Å². The molecule has 2 rings (SSSR count). The van der Waals surface area contributed by atoms with Gasteiger partial charge in [-0.3, -0.25) is 9.20 Å². The zero-order chi connectivity index (χ0) is 20.7. The first-order valence-electron chi connectivity index (χ1n) is 9.24. The predicted octanol–water partition coefficient (Wildman–Crippen LogP) is 4.54. The zero-order valence-corrected chi connectivity index (χ0v) is 18.4. The second-order valence-electron chi connectivity index (χ2n) is 9.39. The van der Waals surface area contributed by atoms with Crippen molar-refractivity contribution in [3.05, 3.63) is 33.7 Å². The van der Waals surface area contributed by atoms with Crippen molar-refractivity contribution in [3.8, 4) is 5.75 Å². The van der Waals surface area contributed by atoms with Crippen molar-refractivity contribution >= 4 is 23.1 Å². The number of nitrogens with zero attached hydrogens (tertiary/aromatic N) is 2. The highest BCUT2D eigenvalue weighted by molar-refractivity contribution is 7.91. The highest BCUT2D eigenvalue weighted by atomic mass is 32.2. The number of phenolic OH excluding ortho intramolecular Hbond substituents is 1. The van der Waals surface area contributed by atoms with Gasteiger partial charge in [-0.05, 0) is 48.4 Å². The van der Waals surface area contributed by atoms with Crippen molar-refractivity contribution in [1.29, 1.82) is 0 Å². The van der Waals surface area contributed by atoms with E-state index in [-0.39, 0.29) is 16.9 Å². The largest absolute Gasteiger partial charge is 0.507 e. The van der Waals surface area contributed by atoms with Crippen LogP contribution in [0.5, 0.6) is 5.75 Å². The lowest BCUT2D eigenvalue weighted by atomic mass is 9.78. The third-order valence-corrected chi connectivity index (χ3v) is 5.97. The summed E-state index contributed by atoms with van der Waals surface area (Å²) in [6, 6.07) is 3.70. The van der Waals surface area contributed by atoms with Crippen molar-refractivity contribution in [2.75, 3.05) is 0 Å². The number of benzene rings is 1. The average Bonchev–Trinajstić information content (AvgIpc) is 2.86. The van der Waals surface area contributed by atoms with Crippen LogP contribution in [0, 0.1) is 0 Å². The van der Waals surface area contributed by atoms with Gasteiger partial charge in [0.25, 0.3) is 0 Å². The third kappa shape index (κ3) is 4.68. The van der Waals surface area contributed by atoms with Crippen LogP contribution in [0.2, 0.25) is 0 Å². The highest BCUT2D eigenvalue weighted by Gasteiger charge is 2.31. The van der Waals surface area contributed by atoms with Crippen LogP contribution < -0.4 is 0 Å². The van der Waals surface area contributed by atoms with Gasteiger partial charge >= 0.3 is 0 Å². The van der Waals surface area contributed by atoms with Gasteiger partial charge in [-0.25, -0.2) is 0 Å². The van der Waals surface area contributed by atoms with E-state index in [4.69, 9.17) is 0 Å². The van der Waals surface area contributed by atoms with Gasteiger partial charge in [0.15, 0.2) is 0 Å². The molecule has 5 nitrogen and oxygen atoms in total. The van der Waals surface area contributed by atoms with E-state index in [2.05, 4.69) is 46.5 Å². The van der Waals surface area contributed by atoms with Gasteiger partial charge in [-0.15, -0.1) is 0 Å². The Morgan fingerprint density at radius 1 is 1.11 bits per heavy atom. The van der Waals surface area contributed by atoms with Gasteiger partial charge in [0.2, 0.25) is 5.50 Å². The molecule has 0 aliphatic carbocycles. The maximum atomic E-state index is 12.8. The Hall–Kier alpha value is -1.50. The van der Waals surface area contributed by atoms with Crippen molar-refractivity contribution in [2.24, 2.45) is 4.99 Å². The van der Waals surface area contributed by atoms with E-state index in [0.717, 1.165) is 21.8 Å². The Morgan fingerprint density at radius 2 is 1.59 bits per heavy atom. The second kappa shape index (κ2) is 7.49. The van der Waals surface area contributed by atoms with Gasteiger partial charge < -0.3 is 10.3 Å². The summed E-state index contributed by atoms with van der Waals surface area (Å²) >= 11 is 0. The number of aromatic hydroxyl groups is 1. The van der Waals surface area contributed by atoms with E-state index in [1.807, 2.05) is 32.1 Å². The van der Waals surface area contributed by atoms with E-state index in [1.165, 1.54) is 0 Å². The molecule has 0 saturated heterocycles. The molecule has 2 N–H and O–H groups in total. The Labute approximate surface area is 165 Å². The van der Waals surface area contributed by atoms with E-state index in [0.29, 0.717) is 10.7 Å².